The van der Waals surface area contributed by atoms with Crippen molar-refractivity contribution in [2.75, 3.05) is 13.2 Å². The molecular weight excluding hydrogens is 815 g/mol. The molecule has 0 aromatic rings. The monoisotopic (exact) mass is 932 g/mol. The number of unbranched alkanes of at least 4 members (excludes halogenated alkanes) is 43. The molecular formula is C60H117NO5. The van der Waals surface area contributed by atoms with Crippen molar-refractivity contribution in [3.63, 3.8) is 0 Å². The van der Waals surface area contributed by atoms with Crippen molar-refractivity contribution in [2.45, 2.75) is 347 Å². The number of carbonyl (C=O) groups is 2. The van der Waals surface area contributed by atoms with Gasteiger partial charge in [0.15, 0.2) is 0 Å². The number of nitrogens with one attached hydrogen (secondary N) is 1. The molecule has 0 aliphatic heterocycles. The number of hydrogen-bond donors (Lipinski definition) is 3. The third-order valence-corrected chi connectivity index (χ3v) is 14.1. The summed E-state index contributed by atoms with van der Waals surface area (Å²) in [6.07, 6.45) is 66.3. The van der Waals surface area contributed by atoms with Crippen molar-refractivity contribution in [3.8, 4) is 0 Å². The Bertz CT molecular complexity index is 986. The van der Waals surface area contributed by atoms with Gasteiger partial charge in [0.05, 0.1) is 25.4 Å². The molecule has 0 aromatic heterocycles. The topological polar surface area (TPSA) is 95.9 Å². The van der Waals surface area contributed by atoms with Crippen molar-refractivity contribution < 1.29 is 24.5 Å². The van der Waals surface area contributed by atoms with Gasteiger partial charge in [-0.05, 0) is 51.4 Å². The fourth-order valence-electron chi connectivity index (χ4n) is 9.46. The summed E-state index contributed by atoms with van der Waals surface area (Å²) in [6, 6.07) is -0.551. The molecule has 1 amide bonds. The maximum Gasteiger partial charge on any atom is 0.305 e. The molecule has 0 fully saturated rings. The van der Waals surface area contributed by atoms with E-state index >= 15 is 0 Å². The molecule has 0 radical (unpaired) electrons. The van der Waals surface area contributed by atoms with Gasteiger partial charge in [-0.25, -0.2) is 0 Å². The van der Waals surface area contributed by atoms with Gasteiger partial charge in [-0.2, -0.15) is 0 Å². The second-order valence-corrected chi connectivity index (χ2v) is 20.7. The molecule has 392 valence electrons. The number of aliphatic hydroxyl groups is 2. The Hall–Kier alpha value is -1.40. The highest BCUT2D eigenvalue weighted by Gasteiger charge is 2.20. The summed E-state index contributed by atoms with van der Waals surface area (Å²) in [6.45, 7) is 4.96. The molecule has 0 spiro atoms. The van der Waals surface area contributed by atoms with Gasteiger partial charge in [0.1, 0.15) is 0 Å². The summed E-state index contributed by atoms with van der Waals surface area (Å²) < 4.78 is 5.48. The van der Waals surface area contributed by atoms with E-state index in [9.17, 15) is 19.8 Å². The second kappa shape index (κ2) is 56.2. The van der Waals surface area contributed by atoms with Gasteiger partial charge in [0.25, 0.3) is 0 Å². The largest absolute Gasteiger partial charge is 0.466 e. The van der Waals surface area contributed by atoms with Crippen molar-refractivity contribution in [2.24, 2.45) is 0 Å². The summed E-state index contributed by atoms with van der Waals surface area (Å²) in [4.78, 5) is 24.5. The molecule has 0 bridgehead atoms. The van der Waals surface area contributed by atoms with E-state index in [4.69, 9.17) is 4.74 Å². The van der Waals surface area contributed by atoms with Crippen LogP contribution in [0.25, 0.3) is 0 Å². The summed E-state index contributed by atoms with van der Waals surface area (Å²) in [5.41, 5.74) is 0. The second-order valence-electron chi connectivity index (χ2n) is 20.7. The van der Waals surface area contributed by atoms with Crippen LogP contribution >= 0.6 is 0 Å². The molecule has 0 aliphatic carbocycles. The minimum Gasteiger partial charge on any atom is -0.466 e. The van der Waals surface area contributed by atoms with E-state index in [1.165, 1.54) is 244 Å². The Morgan fingerprint density at radius 1 is 0.409 bits per heavy atom. The molecule has 2 unspecified atom stereocenters. The Balaban J connectivity index is 3.44. The van der Waals surface area contributed by atoms with E-state index in [1.807, 2.05) is 0 Å². The highest BCUT2D eigenvalue weighted by atomic mass is 16.5. The number of carbonyl (C=O) groups excluding carboxylic acids is 2. The van der Waals surface area contributed by atoms with Gasteiger partial charge in [0, 0.05) is 12.8 Å². The smallest absolute Gasteiger partial charge is 0.305 e. The van der Waals surface area contributed by atoms with Crippen LogP contribution in [0.5, 0.6) is 0 Å². The highest BCUT2D eigenvalue weighted by molar-refractivity contribution is 5.76. The quantitative estimate of drug-likeness (QED) is 0.0321. The van der Waals surface area contributed by atoms with E-state index < -0.39 is 12.1 Å². The summed E-state index contributed by atoms with van der Waals surface area (Å²) in [5.74, 6) is -0.0405. The molecule has 0 aliphatic rings. The fourth-order valence-corrected chi connectivity index (χ4v) is 9.46. The van der Waals surface area contributed by atoms with Crippen LogP contribution in [-0.4, -0.2) is 47.4 Å². The van der Waals surface area contributed by atoms with Crippen molar-refractivity contribution in [3.05, 3.63) is 12.2 Å². The van der Waals surface area contributed by atoms with Crippen LogP contribution in [0.3, 0.4) is 0 Å². The SMILES string of the molecule is CCCCCCCCCCCCCCCCCCCC(O)C(CO)NC(=O)CCCCCCC/C=C\CCCCCCCCCCCOC(=O)CCCCCCCCCCCCCCCC. The van der Waals surface area contributed by atoms with Crippen molar-refractivity contribution in [1.82, 2.24) is 5.32 Å². The zero-order chi connectivity index (χ0) is 47.9. The Morgan fingerprint density at radius 3 is 1.08 bits per heavy atom. The zero-order valence-electron chi connectivity index (χ0n) is 44.7. The van der Waals surface area contributed by atoms with E-state index in [2.05, 4.69) is 31.3 Å². The number of allylic oxidation sites excluding steroid dienone is 2. The molecule has 0 rings (SSSR count). The highest BCUT2D eigenvalue weighted by Crippen LogP contribution is 2.18. The molecule has 0 aromatic carbocycles. The van der Waals surface area contributed by atoms with Crippen LogP contribution in [0.15, 0.2) is 12.2 Å². The van der Waals surface area contributed by atoms with Crippen LogP contribution in [0.1, 0.15) is 335 Å². The predicted octanol–water partition coefficient (Wildman–Crippen LogP) is 18.5. The Labute approximate surface area is 412 Å². The van der Waals surface area contributed by atoms with Gasteiger partial charge in [0.2, 0.25) is 5.91 Å². The van der Waals surface area contributed by atoms with Crippen LogP contribution in [0.2, 0.25) is 0 Å². The fraction of sp³-hybridized carbons (Fsp3) is 0.933. The molecule has 3 N–H and O–H groups in total. The van der Waals surface area contributed by atoms with Crippen LogP contribution < -0.4 is 5.32 Å². The lowest BCUT2D eigenvalue weighted by atomic mass is 10.0. The number of ether oxygens (including phenoxy) is 1. The Morgan fingerprint density at radius 2 is 0.712 bits per heavy atom. The number of amides is 1. The minimum atomic E-state index is -0.672. The first-order valence-electron chi connectivity index (χ1n) is 29.9. The number of hydrogen-bond acceptors (Lipinski definition) is 5. The summed E-state index contributed by atoms with van der Waals surface area (Å²) >= 11 is 0. The number of esters is 1. The lowest BCUT2D eigenvalue weighted by molar-refractivity contribution is -0.143. The molecule has 66 heavy (non-hydrogen) atoms. The maximum absolute atomic E-state index is 12.5. The van der Waals surface area contributed by atoms with E-state index in [-0.39, 0.29) is 18.5 Å². The third kappa shape index (κ3) is 52.0. The van der Waals surface area contributed by atoms with E-state index in [0.29, 0.717) is 25.9 Å². The van der Waals surface area contributed by atoms with Crippen LogP contribution in [0, 0.1) is 0 Å². The maximum atomic E-state index is 12.5. The molecule has 6 nitrogen and oxygen atoms in total. The van der Waals surface area contributed by atoms with Crippen LogP contribution in [0.4, 0.5) is 0 Å². The van der Waals surface area contributed by atoms with Crippen LogP contribution in [-0.2, 0) is 14.3 Å². The van der Waals surface area contributed by atoms with Gasteiger partial charge >= 0.3 is 5.97 Å². The van der Waals surface area contributed by atoms with Gasteiger partial charge in [-0.1, -0.05) is 283 Å². The Kier molecular flexibility index (Phi) is 55.0. The first-order chi connectivity index (χ1) is 32.5. The van der Waals surface area contributed by atoms with E-state index in [0.717, 1.165) is 57.8 Å². The molecule has 0 heterocycles. The molecule has 0 saturated heterocycles. The molecule has 0 saturated carbocycles. The zero-order valence-corrected chi connectivity index (χ0v) is 44.7. The van der Waals surface area contributed by atoms with Crippen molar-refractivity contribution >= 4 is 11.9 Å². The van der Waals surface area contributed by atoms with Gasteiger partial charge < -0.3 is 20.3 Å². The van der Waals surface area contributed by atoms with Gasteiger partial charge in [-0.15, -0.1) is 0 Å². The first-order valence-corrected chi connectivity index (χ1v) is 29.9. The number of rotatable bonds is 56. The average Bonchev–Trinajstić information content (AvgIpc) is 3.32. The summed E-state index contributed by atoms with van der Waals surface area (Å²) in [7, 11) is 0. The van der Waals surface area contributed by atoms with E-state index in [1.54, 1.807) is 0 Å². The molecule has 6 heteroatoms. The normalized spacial score (nSPS) is 12.6. The minimum absolute atomic E-state index is 0.00594. The van der Waals surface area contributed by atoms with Crippen molar-refractivity contribution in [1.29, 1.82) is 0 Å². The first kappa shape index (κ1) is 64.6. The lowest BCUT2D eigenvalue weighted by Crippen LogP contribution is -2.45. The standard InChI is InChI=1S/C60H117NO5/c1-3-5-7-9-11-13-15-17-19-22-25-28-32-36-40-44-48-52-58(63)57(56-62)61-59(64)53-49-45-41-37-33-29-26-23-20-21-24-27-31-35-39-43-47-51-55-66-60(65)54-50-46-42-38-34-30-18-16-14-12-10-8-6-4-2/h23,26,57-58,62-63H,3-22,24-25,27-56H2,1-2H3,(H,61,64)/b26-23-. The lowest BCUT2D eigenvalue weighted by Gasteiger charge is -2.22. The van der Waals surface area contributed by atoms with Gasteiger partial charge in [-0.3, -0.25) is 9.59 Å². The third-order valence-electron chi connectivity index (χ3n) is 14.1. The number of aliphatic hydroxyl groups excluding tert-OH is 2. The predicted molar refractivity (Wildman–Crippen MR) is 287 cm³/mol. The average molecular weight is 933 g/mol. The molecule has 2 atom stereocenters. The summed E-state index contributed by atoms with van der Waals surface area (Å²) in [5, 5.41) is 23.3.